The minimum Gasteiger partial charge on any atom is -0.493 e. The van der Waals surface area contributed by atoms with Gasteiger partial charge in [0.05, 0.1) is 0 Å². The molecular weight excluding hydrogens is 176 g/mol. The Labute approximate surface area is 86.4 Å². The molecule has 1 saturated heterocycles. The van der Waals surface area contributed by atoms with Crippen molar-refractivity contribution in [2.24, 2.45) is 0 Å². The third kappa shape index (κ3) is 4.44. The maximum Gasteiger partial charge on any atom is 0.111 e. The van der Waals surface area contributed by atoms with Crippen molar-refractivity contribution in [2.75, 3.05) is 39.3 Å². The summed E-state index contributed by atoms with van der Waals surface area (Å²) >= 11 is 0. The quantitative estimate of drug-likeness (QED) is 0.524. The summed E-state index contributed by atoms with van der Waals surface area (Å²) < 4.78 is 5.44. The molecule has 0 bridgehead atoms. The maximum atomic E-state index is 5.44. The van der Waals surface area contributed by atoms with Gasteiger partial charge in [0.25, 0.3) is 0 Å². The number of piperazine rings is 1. The van der Waals surface area contributed by atoms with Gasteiger partial charge in [-0.25, -0.2) is 0 Å². The summed E-state index contributed by atoms with van der Waals surface area (Å²) in [5.74, 6) is 0.752. The fourth-order valence-electron chi connectivity index (χ4n) is 1.47. The van der Waals surface area contributed by atoms with Crippen molar-refractivity contribution in [1.82, 2.24) is 10.2 Å². The van der Waals surface area contributed by atoms with Crippen LogP contribution in [0.1, 0.15) is 6.92 Å². The summed E-state index contributed by atoms with van der Waals surface area (Å²) in [7, 11) is 0. The van der Waals surface area contributed by atoms with Crippen molar-refractivity contribution in [3.05, 3.63) is 24.5 Å². The maximum absolute atomic E-state index is 5.44. The van der Waals surface area contributed by atoms with Crippen molar-refractivity contribution >= 4 is 0 Å². The molecule has 0 aromatic heterocycles. The van der Waals surface area contributed by atoms with E-state index in [0.717, 1.165) is 45.1 Å². The van der Waals surface area contributed by atoms with E-state index in [1.807, 2.05) is 19.1 Å². The van der Waals surface area contributed by atoms with Crippen LogP contribution in [0.2, 0.25) is 0 Å². The van der Waals surface area contributed by atoms with Gasteiger partial charge in [0.2, 0.25) is 0 Å². The van der Waals surface area contributed by atoms with Gasteiger partial charge in [-0.15, -0.1) is 0 Å². The molecule has 1 aliphatic rings. The van der Waals surface area contributed by atoms with E-state index in [4.69, 9.17) is 4.74 Å². The van der Waals surface area contributed by atoms with Gasteiger partial charge < -0.3 is 10.1 Å². The first-order chi connectivity index (χ1) is 6.83. The second-order valence-electron chi connectivity index (χ2n) is 3.41. The molecule has 1 heterocycles. The van der Waals surface area contributed by atoms with Gasteiger partial charge in [-0.3, -0.25) is 4.90 Å². The van der Waals surface area contributed by atoms with Gasteiger partial charge in [0.15, 0.2) is 0 Å². The van der Waals surface area contributed by atoms with Crippen LogP contribution in [0, 0.1) is 0 Å². The van der Waals surface area contributed by atoms with Gasteiger partial charge >= 0.3 is 0 Å². The molecule has 0 radical (unpaired) electrons. The zero-order valence-electron chi connectivity index (χ0n) is 8.96. The molecule has 14 heavy (non-hydrogen) atoms. The fourth-order valence-corrected chi connectivity index (χ4v) is 1.47. The third-order valence-electron chi connectivity index (χ3n) is 2.26. The predicted octanol–water partition coefficient (Wildman–Crippen LogP) is 0.998. The molecule has 0 spiro atoms. The van der Waals surface area contributed by atoms with Gasteiger partial charge in [0.1, 0.15) is 12.4 Å². The van der Waals surface area contributed by atoms with E-state index in [1.165, 1.54) is 0 Å². The lowest BCUT2D eigenvalue weighted by atomic mass is 10.3. The number of hydrogen-bond acceptors (Lipinski definition) is 3. The Morgan fingerprint density at radius 2 is 2.21 bits per heavy atom. The highest BCUT2D eigenvalue weighted by Crippen LogP contribution is 1.97. The molecule has 3 heteroatoms. The second kappa shape index (κ2) is 6.62. The lowest BCUT2D eigenvalue weighted by Gasteiger charge is -2.26. The minimum atomic E-state index is 0.739. The molecule has 0 unspecified atom stereocenters. The molecule has 1 fully saturated rings. The van der Waals surface area contributed by atoms with Crippen LogP contribution in [0.3, 0.4) is 0 Å². The number of rotatable bonds is 5. The first-order valence-corrected chi connectivity index (χ1v) is 5.20. The summed E-state index contributed by atoms with van der Waals surface area (Å²) in [5, 5.41) is 3.32. The van der Waals surface area contributed by atoms with Crippen LogP contribution in [0.4, 0.5) is 0 Å². The first kappa shape index (κ1) is 11.3. The Balaban J connectivity index is 2.05. The highest BCUT2D eigenvalue weighted by atomic mass is 16.5. The Morgan fingerprint density at radius 3 is 2.86 bits per heavy atom. The Morgan fingerprint density at radius 1 is 1.50 bits per heavy atom. The van der Waals surface area contributed by atoms with Crippen LogP contribution in [-0.2, 0) is 4.74 Å². The molecule has 0 aliphatic carbocycles. The van der Waals surface area contributed by atoms with E-state index in [1.54, 1.807) is 0 Å². The van der Waals surface area contributed by atoms with Crippen LogP contribution in [-0.4, -0.2) is 44.2 Å². The molecule has 0 amide bonds. The lowest BCUT2D eigenvalue weighted by molar-refractivity contribution is 0.154. The molecule has 80 valence electrons. The van der Waals surface area contributed by atoms with Crippen molar-refractivity contribution < 1.29 is 4.74 Å². The minimum absolute atomic E-state index is 0.739. The highest BCUT2D eigenvalue weighted by Gasteiger charge is 2.08. The topological polar surface area (TPSA) is 24.5 Å². The van der Waals surface area contributed by atoms with Crippen molar-refractivity contribution in [3.63, 3.8) is 0 Å². The van der Waals surface area contributed by atoms with Crippen LogP contribution in [0.5, 0.6) is 0 Å². The van der Waals surface area contributed by atoms with Gasteiger partial charge in [0, 0.05) is 32.7 Å². The normalized spacial score (nSPS) is 18.6. The van der Waals surface area contributed by atoms with Crippen molar-refractivity contribution in [2.45, 2.75) is 6.92 Å². The fraction of sp³-hybridized carbons (Fsp3) is 0.636. The van der Waals surface area contributed by atoms with E-state index < -0.39 is 0 Å². The summed E-state index contributed by atoms with van der Waals surface area (Å²) in [4.78, 5) is 2.40. The average molecular weight is 196 g/mol. The number of nitrogens with one attached hydrogen (secondary N) is 1. The number of hydrogen-bond donors (Lipinski definition) is 1. The van der Waals surface area contributed by atoms with Crippen LogP contribution in [0.15, 0.2) is 24.5 Å². The van der Waals surface area contributed by atoms with Gasteiger partial charge in [-0.1, -0.05) is 12.7 Å². The highest BCUT2D eigenvalue weighted by molar-refractivity contribution is 5.05. The molecule has 1 rings (SSSR count). The molecule has 0 aromatic rings. The van der Waals surface area contributed by atoms with Crippen molar-refractivity contribution in [1.29, 1.82) is 0 Å². The van der Waals surface area contributed by atoms with Crippen molar-refractivity contribution in [3.8, 4) is 0 Å². The molecule has 0 aromatic carbocycles. The molecular formula is C11H20N2O. The summed E-state index contributed by atoms with van der Waals surface area (Å²) in [6.45, 7) is 11.9. The standard InChI is InChI=1S/C11H20N2O/c1-3-4-11(2)14-10-9-13-7-5-12-6-8-13/h3-4,12H,2,5-10H2,1H3. The molecule has 0 atom stereocenters. The predicted molar refractivity (Wildman–Crippen MR) is 59.2 cm³/mol. The van der Waals surface area contributed by atoms with E-state index >= 15 is 0 Å². The molecule has 1 N–H and O–H groups in total. The smallest absolute Gasteiger partial charge is 0.111 e. The van der Waals surface area contributed by atoms with Crippen LogP contribution >= 0.6 is 0 Å². The largest absolute Gasteiger partial charge is 0.493 e. The van der Waals surface area contributed by atoms with E-state index in [2.05, 4.69) is 16.8 Å². The summed E-state index contributed by atoms with van der Waals surface area (Å²) in [5.41, 5.74) is 0. The zero-order chi connectivity index (χ0) is 10.2. The Hall–Kier alpha value is -0.800. The number of nitrogens with zero attached hydrogens (tertiary/aromatic N) is 1. The molecule has 0 saturated carbocycles. The second-order valence-corrected chi connectivity index (χ2v) is 3.41. The Bertz CT molecular complexity index is 195. The number of allylic oxidation sites excluding steroid dienone is 2. The van der Waals surface area contributed by atoms with Gasteiger partial charge in [-0.2, -0.15) is 0 Å². The number of ether oxygens (including phenoxy) is 1. The third-order valence-corrected chi connectivity index (χ3v) is 2.26. The SMILES string of the molecule is C=C(C=CC)OCCN1CCNCC1. The zero-order valence-corrected chi connectivity index (χ0v) is 8.96. The first-order valence-electron chi connectivity index (χ1n) is 5.20. The van der Waals surface area contributed by atoms with Gasteiger partial charge in [-0.05, 0) is 13.0 Å². The van der Waals surface area contributed by atoms with E-state index in [9.17, 15) is 0 Å². The lowest BCUT2D eigenvalue weighted by Crippen LogP contribution is -2.44. The van der Waals surface area contributed by atoms with Crippen LogP contribution in [0.25, 0.3) is 0 Å². The summed E-state index contributed by atoms with van der Waals surface area (Å²) in [6, 6.07) is 0. The monoisotopic (exact) mass is 196 g/mol. The van der Waals surface area contributed by atoms with E-state index in [-0.39, 0.29) is 0 Å². The van der Waals surface area contributed by atoms with E-state index in [0.29, 0.717) is 0 Å². The average Bonchev–Trinajstić information content (AvgIpc) is 2.20. The molecule has 3 nitrogen and oxygen atoms in total. The van der Waals surface area contributed by atoms with Crippen LogP contribution < -0.4 is 5.32 Å². The Kier molecular flexibility index (Phi) is 5.33. The molecule has 1 aliphatic heterocycles. The summed E-state index contributed by atoms with van der Waals surface area (Å²) in [6.07, 6.45) is 3.82.